The van der Waals surface area contributed by atoms with Gasteiger partial charge in [0.25, 0.3) is 0 Å². The molecule has 2 atom stereocenters. The fourth-order valence-electron chi connectivity index (χ4n) is 4.66. The first-order chi connectivity index (χ1) is 9.85. The Morgan fingerprint density at radius 3 is 2.70 bits per heavy atom. The van der Waals surface area contributed by atoms with Crippen molar-refractivity contribution in [3.8, 4) is 0 Å². The van der Waals surface area contributed by atoms with Gasteiger partial charge in [-0.3, -0.25) is 0 Å². The molecular weight excluding hydrogens is 286 g/mol. The molecule has 4 bridgehead atoms. The molecule has 0 amide bonds. The molecular formula is C15H23N3S2. The van der Waals surface area contributed by atoms with E-state index in [0.29, 0.717) is 5.92 Å². The zero-order chi connectivity index (χ0) is 13.5. The third-order valence-electron chi connectivity index (χ3n) is 5.32. The smallest absolute Gasteiger partial charge is 0.134 e. The second kappa shape index (κ2) is 5.58. The van der Waals surface area contributed by atoms with Gasteiger partial charge in [-0.2, -0.15) is 8.75 Å². The number of unbranched alkanes of at least 4 members (excludes halogenated alkanes) is 1. The van der Waals surface area contributed by atoms with Gasteiger partial charge in [-0.1, -0.05) is 13.3 Å². The number of hydrogen-bond acceptors (Lipinski definition) is 5. The van der Waals surface area contributed by atoms with Crippen LogP contribution in [0.3, 0.4) is 0 Å². The Bertz CT molecular complexity index is 445. The Morgan fingerprint density at radius 1 is 1.20 bits per heavy atom. The average molecular weight is 310 g/mol. The molecule has 1 aromatic rings. The molecule has 0 aromatic carbocycles. The van der Waals surface area contributed by atoms with Crippen LogP contribution < -0.4 is 0 Å². The Hall–Kier alpha value is -0.130. The van der Waals surface area contributed by atoms with Crippen molar-refractivity contribution in [2.75, 3.05) is 25.4 Å². The van der Waals surface area contributed by atoms with Gasteiger partial charge in [-0.15, -0.1) is 11.8 Å². The van der Waals surface area contributed by atoms with Gasteiger partial charge >= 0.3 is 0 Å². The summed E-state index contributed by atoms with van der Waals surface area (Å²) in [4.78, 5) is 2.70. The van der Waals surface area contributed by atoms with Crippen LogP contribution in [0.25, 0.3) is 0 Å². The zero-order valence-corrected chi connectivity index (χ0v) is 13.8. The highest BCUT2D eigenvalue weighted by atomic mass is 32.2. The number of thioether (sulfide) groups is 1. The van der Waals surface area contributed by atoms with Crippen LogP contribution in [0.5, 0.6) is 0 Å². The first kappa shape index (κ1) is 13.5. The number of aromatic nitrogens is 2. The Kier molecular flexibility index (Phi) is 3.77. The van der Waals surface area contributed by atoms with Crippen LogP contribution in [-0.2, 0) is 0 Å². The lowest BCUT2D eigenvalue weighted by Gasteiger charge is -2.55. The van der Waals surface area contributed by atoms with Crippen molar-refractivity contribution in [3.63, 3.8) is 0 Å². The summed E-state index contributed by atoms with van der Waals surface area (Å²) in [6, 6.07) is 0. The largest absolute Gasteiger partial charge is 0.302 e. The van der Waals surface area contributed by atoms with Crippen LogP contribution in [0.4, 0.5) is 0 Å². The van der Waals surface area contributed by atoms with Crippen LogP contribution >= 0.6 is 23.5 Å². The maximum absolute atomic E-state index is 4.73. The van der Waals surface area contributed by atoms with Gasteiger partial charge < -0.3 is 4.90 Å². The van der Waals surface area contributed by atoms with E-state index in [1.54, 1.807) is 0 Å². The van der Waals surface area contributed by atoms with Gasteiger partial charge in [0.05, 0.1) is 17.4 Å². The van der Waals surface area contributed by atoms with Gasteiger partial charge in [0.15, 0.2) is 0 Å². The monoisotopic (exact) mass is 309 g/mol. The lowest BCUT2D eigenvalue weighted by Crippen LogP contribution is -2.56. The Balaban J connectivity index is 1.54. The summed E-state index contributed by atoms with van der Waals surface area (Å²) in [5.74, 6) is 4.61. The molecule has 3 nitrogen and oxygen atoms in total. The molecule has 5 rings (SSSR count). The molecule has 0 radical (unpaired) electrons. The topological polar surface area (TPSA) is 29.0 Å². The highest BCUT2D eigenvalue weighted by molar-refractivity contribution is 7.99. The summed E-state index contributed by atoms with van der Waals surface area (Å²) in [7, 11) is 0. The molecule has 110 valence electrons. The molecule has 4 fully saturated rings. The van der Waals surface area contributed by atoms with Crippen molar-refractivity contribution >= 4 is 23.5 Å². The minimum atomic E-state index is 0.714. The fraction of sp³-hybridized carbons (Fsp3) is 0.867. The number of hydrogen-bond donors (Lipinski definition) is 0. The summed E-state index contributed by atoms with van der Waals surface area (Å²) in [6.45, 7) is 6.25. The summed E-state index contributed by atoms with van der Waals surface area (Å²) >= 11 is 3.38. The van der Waals surface area contributed by atoms with E-state index in [1.165, 1.54) is 73.5 Å². The maximum atomic E-state index is 4.73. The molecule has 4 heterocycles. The van der Waals surface area contributed by atoms with E-state index < -0.39 is 0 Å². The summed E-state index contributed by atoms with van der Waals surface area (Å²) in [6.07, 6.45) is 5.43. The minimum Gasteiger partial charge on any atom is -0.302 e. The van der Waals surface area contributed by atoms with Gasteiger partial charge in [0, 0.05) is 25.6 Å². The number of nitrogens with zero attached hydrogens (tertiary/aromatic N) is 3. The second-order valence-electron chi connectivity index (χ2n) is 6.76. The predicted molar refractivity (Wildman–Crippen MR) is 84.4 cm³/mol. The van der Waals surface area contributed by atoms with Crippen LogP contribution in [0.2, 0.25) is 0 Å². The van der Waals surface area contributed by atoms with E-state index in [0.717, 1.165) is 17.8 Å². The van der Waals surface area contributed by atoms with Crippen LogP contribution in [0.1, 0.15) is 44.2 Å². The molecule has 5 heteroatoms. The van der Waals surface area contributed by atoms with Gasteiger partial charge in [-0.05, 0) is 42.8 Å². The maximum Gasteiger partial charge on any atom is 0.134 e. The number of rotatable bonds is 5. The van der Waals surface area contributed by atoms with E-state index in [2.05, 4.69) is 16.2 Å². The van der Waals surface area contributed by atoms with E-state index >= 15 is 0 Å². The van der Waals surface area contributed by atoms with E-state index in [-0.39, 0.29) is 0 Å². The van der Waals surface area contributed by atoms with Gasteiger partial charge in [-0.25, -0.2) is 0 Å². The summed E-state index contributed by atoms with van der Waals surface area (Å²) in [5, 5.41) is 1.26. The molecule has 3 aliphatic heterocycles. The first-order valence-corrected chi connectivity index (χ1v) is 9.74. The second-order valence-corrected chi connectivity index (χ2v) is 8.37. The van der Waals surface area contributed by atoms with Crippen molar-refractivity contribution in [1.82, 2.24) is 13.6 Å². The minimum absolute atomic E-state index is 0.714. The van der Waals surface area contributed by atoms with Gasteiger partial charge in [0.1, 0.15) is 5.03 Å². The summed E-state index contributed by atoms with van der Waals surface area (Å²) in [5.41, 5.74) is 1.37. The quantitative estimate of drug-likeness (QED) is 0.615. The van der Waals surface area contributed by atoms with Gasteiger partial charge in [0.2, 0.25) is 0 Å². The lowest BCUT2D eigenvalue weighted by atomic mass is 9.61. The SMILES string of the molecule is CCCCSc1nsnc1C1C2CC3CC1CN(C3)C2. The van der Waals surface area contributed by atoms with Crippen molar-refractivity contribution in [3.05, 3.63) is 5.69 Å². The third-order valence-corrected chi connectivity index (χ3v) is 7.05. The molecule has 1 aromatic heterocycles. The van der Waals surface area contributed by atoms with Crippen LogP contribution in [-0.4, -0.2) is 39.0 Å². The zero-order valence-electron chi connectivity index (χ0n) is 12.1. The highest BCUT2D eigenvalue weighted by Gasteiger charge is 2.49. The normalized spacial score (nSPS) is 38.5. The first-order valence-electron chi connectivity index (χ1n) is 8.02. The molecule has 20 heavy (non-hydrogen) atoms. The summed E-state index contributed by atoms with van der Waals surface area (Å²) < 4.78 is 9.33. The van der Waals surface area contributed by atoms with Crippen molar-refractivity contribution in [1.29, 1.82) is 0 Å². The average Bonchev–Trinajstić information content (AvgIpc) is 2.86. The predicted octanol–water partition coefficient (Wildman–Crippen LogP) is 3.49. The highest BCUT2D eigenvalue weighted by Crippen LogP contribution is 2.52. The molecule has 0 N–H and O–H groups in total. The Labute approximate surface area is 129 Å². The standard InChI is InChI=1S/C15H23N3S2/c1-2-3-4-19-15-14(16-20-17-15)13-11-5-10-6-12(13)9-18(7-10)8-11/h10-13H,2-9H2,1H3. The van der Waals surface area contributed by atoms with Crippen molar-refractivity contribution in [2.24, 2.45) is 17.8 Å². The Morgan fingerprint density at radius 2 is 2.00 bits per heavy atom. The molecule has 1 aliphatic carbocycles. The molecule has 4 aliphatic rings. The van der Waals surface area contributed by atoms with E-state index in [9.17, 15) is 0 Å². The third kappa shape index (κ3) is 2.32. The van der Waals surface area contributed by atoms with Crippen LogP contribution in [0.15, 0.2) is 5.03 Å². The lowest BCUT2D eigenvalue weighted by molar-refractivity contribution is -0.0373. The van der Waals surface area contributed by atoms with Crippen LogP contribution in [0, 0.1) is 17.8 Å². The molecule has 3 saturated heterocycles. The fourth-order valence-corrected chi connectivity index (χ4v) is 6.49. The van der Waals surface area contributed by atoms with E-state index in [1.807, 2.05) is 11.8 Å². The van der Waals surface area contributed by atoms with E-state index in [4.69, 9.17) is 4.37 Å². The molecule has 1 saturated carbocycles. The van der Waals surface area contributed by atoms with Crippen molar-refractivity contribution in [2.45, 2.75) is 43.6 Å². The molecule has 2 unspecified atom stereocenters. The molecule has 0 spiro atoms. The van der Waals surface area contributed by atoms with Crippen molar-refractivity contribution < 1.29 is 0 Å². The number of piperidine rings is 3.